The SMILES string of the molecule is O=C(NCCCc1nc2ccccc2n1Cc1cccc(Br)c1)c1cccs1. The maximum absolute atomic E-state index is 12.1. The number of aryl methyl sites for hydroxylation is 1. The second-order valence-corrected chi connectivity index (χ2v) is 8.43. The average Bonchev–Trinajstić information content (AvgIpc) is 3.34. The van der Waals surface area contributed by atoms with Crippen molar-refractivity contribution in [2.45, 2.75) is 19.4 Å². The number of halogens is 1. The molecule has 0 spiro atoms. The van der Waals surface area contributed by atoms with Gasteiger partial charge in [0.05, 0.1) is 15.9 Å². The number of imidazole rings is 1. The van der Waals surface area contributed by atoms with Crippen molar-refractivity contribution >= 4 is 44.2 Å². The van der Waals surface area contributed by atoms with Crippen molar-refractivity contribution in [2.75, 3.05) is 6.54 Å². The van der Waals surface area contributed by atoms with Crippen LogP contribution < -0.4 is 5.32 Å². The Kier molecular flexibility index (Phi) is 5.88. The topological polar surface area (TPSA) is 46.9 Å². The van der Waals surface area contributed by atoms with Crippen LogP contribution >= 0.6 is 27.3 Å². The monoisotopic (exact) mass is 453 g/mol. The third kappa shape index (κ3) is 4.34. The van der Waals surface area contributed by atoms with Gasteiger partial charge in [-0.2, -0.15) is 0 Å². The van der Waals surface area contributed by atoms with Crippen molar-refractivity contribution in [2.24, 2.45) is 0 Å². The van der Waals surface area contributed by atoms with Gasteiger partial charge in [0.2, 0.25) is 0 Å². The van der Waals surface area contributed by atoms with Crippen LogP contribution in [0.5, 0.6) is 0 Å². The molecule has 2 heterocycles. The number of thiophene rings is 1. The highest BCUT2D eigenvalue weighted by Crippen LogP contribution is 2.20. The van der Waals surface area contributed by atoms with Crippen molar-refractivity contribution < 1.29 is 4.79 Å². The lowest BCUT2D eigenvalue weighted by molar-refractivity contribution is 0.0957. The molecule has 2 aromatic heterocycles. The van der Waals surface area contributed by atoms with E-state index < -0.39 is 0 Å². The molecule has 0 fully saturated rings. The zero-order chi connectivity index (χ0) is 19.3. The molecule has 2 aromatic carbocycles. The highest BCUT2D eigenvalue weighted by molar-refractivity contribution is 9.10. The van der Waals surface area contributed by atoms with Gasteiger partial charge in [-0.3, -0.25) is 4.79 Å². The zero-order valence-corrected chi connectivity index (χ0v) is 17.7. The van der Waals surface area contributed by atoms with Crippen LogP contribution in [0.2, 0.25) is 0 Å². The summed E-state index contributed by atoms with van der Waals surface area (Å²) in [7, 11) is 0. The Bertz CT molecular complexity index is 1090. The van der Waals surface area contributed by atoms with Crippen LogP contribution in [-0.2, 0) is 13.0 Å². The Morgan fingerprint density at radius 3 is 2.82 bits per heavy atom. The highest BCUT2D eigenvalue weighted by Gasteiger charge is 2.11. The third-order valence-corrected chi connectivity index (χ3v) is 5.93. The second kappa shape index (κ2) is 8.71. The Labute approximate surface area is 176 Å². The first-order chi connectivity index (χ1) is 13.7. The summed E-state index contributed by atoms with van der Waals surface area (Å²) in [6, 6.07) is 20.3. The molecule has 28 heavy (non-hydrogen) atoms. The molecule has 0 aliphatic heterocycles. The molecule has 0 aliphatic carbocycles. The molecule has 0 saturated heterocycles. The van der Waals surface area contributed by atoms with E-state index >= 15 is 0 Å². The quantitative estimate of drug-likeness (QED) is 0.387. The van der Waals surface area contributed by atoms with Gasteiger partial charge in [-0.05, 0) is 47.7 Å². The minimum absolute atomic E-state index is 0.00219. The molecular weight excluding hydrogens is 434 g/mol. The van der Waals surface area contributed by atoms with Gasteiger partial charge in [-0.1, -0.05) is 46.3 Å². The highest BCUT2D eigenvalue weighted by atomic mass is 79.9. The van der Waals surface area contributed by atoms with Crippen LogP contribution in [0.3, 0.4) is 0 Å². The zero-order valence-electron chi connectivity index (χ0n) is 15.3. The number of fused-ring (bicyclic) bond motifs is 1. The average molecular weight is 454 g/mol. The normalized spacial score (nSPS) is 11.0. The molecule has 1 N–H and O–H groups in total. The van der Waals surface area contributed by atoms with Crippen molar-refractivity contribution in [3.63, 3.8) is 0 Å². The largest absolute Gasteiger partial charge is 0.351 e. The van der Waals surface area contributed by atoms with E-state index in [-0.39, 0.29) is 5.91 Å². The Morgan fingerprint density at radius 2 is 2.00 bits per heavy atom. The second-order valence-electron chi connectivity index (χ2n) is 6.57. The fourth-order valence-corrected chi connectivity index (χ4v) is 4.34. The van der Waals surface area contributed by atoms with Gasteiger partial charge in [-0.15, -0.1) is 11.3 Å². The molecule has 4 aromatic rings. The van der Waals surface area contributed by atoms with E-state index in [0.29, 0.717) is 6.54 Å². The fraction of sp³-hybridized carbons (Fsp3) is 0.182. The number of benzene rings is 2. The number of aromatic nitrogens is 2. The minimum Gasteiger partial charge on any atom is -0.351 e. The molecule has 0 aliphatic rings. The van der Waals surface area contributed by atoms with Crippen molar-refractivity contribution in [3.8, 4) is 0 Å². The molecule has 0 saturated carbocycles. The lowest BCUT2D eigenvalue weighted by Gasteiger charge is -2.10. The molecule has 1 amide bonds. The van der Waals surface area contributed by atoms with E-state index in [2.05, 4.69) is 56.1 Å². The van der Waals surface area contributed by atoms with E-state index in [1.165, 1.54) is 16.9 Å². The van der Waals surface area contributed by atoms with Crippen molar-refractivity contribution in [1.29, 1.82) is 0 Å². The minimum atomic E-state index is -0.00219. The van der Waals surface area contributed by atoms with Gasteiger partial charge in [-0.25, -0.2) is 4.98 Å². The summed E-state index contributed by atoms with van der Waals surface area (Å²) in [5.74, 6) is 1.05. The maximum atomic E-state index is 12.1. The first kappa shape index (κ1) is 18.9. The van der Waals surface area contributed by atoms with Gasteiger partial charge in [0.1, 0.15) is 5.82 Å². The molecule has 0 unspecified atom stereocenters. The maximum Gasteiger partial charge on any atom is 0.261 e. The van der Waals surface area contributed by atoms with Gasteiger partial charge in [0.15, 0.2) is 0 Å². The van der Waals surface area contributed by atoms with E-state index in [9.17, 15) is 4.79 Å². The Balaban J connectivity index is 1.47. The third-order valence-electron chi connectivity index (χ3n) is 4.57. The summed E-state index contributed by atoms with van der Waals surface area (Å²) in [5, 5.41) is 4.91. The van der Waals surface area contributed by atoms with Crippen molar-refractivity contribution in [3.05, 3.63) is 86.8 Å². The molecule has 4 rings (SSSR count). The van der Waals surface area contributed by atoms with E-state index in [1.54, 1.807) is 0 Å². The van der Waals surface area contributed by atoms with Crippen LogP contribution in [-0.4, -0.2) is 22.0 Å². The summed E-state index contributed by atoms with van der Waals surface area (Å²) < 4.78 is 3.35. The molecular formula is C22H20BrN3OS. The standard InChI is InChI=1S/C22H20BrN3OS/c23-17-7-3-6-16(14-17)15-26-19-9-2-1-8-18(19)25-21(26)11-4-12-24-22(27)20-10-5-13-28-20/h1-3,5-10,13-14H,4,11-12,15H2,(H,24,27). The van der Waals surface area contributed by atoms with Gasteiger partial charge in [0.25, 0.3) is 5.91 Å². The first-order valence-corrected chi connectivity index (χ1v) is 10.9. The molecule has 4 nitrogen and oxygen atoms in total. The fourth-order valence-electron chi connectivity index (χ4n) is 3.25. The number of nitrogens with zero attached hydrogens (tertiary/aromatic N) is 2. The van der Waals surface area contributed by atoms with Crippen LogP contribution in [0.4, 0.5) is 0 Å². The number of hydrogen-bond acceptors (Lipinski definition) is 3. The molecule has 0 bridgehead atoms. The van der Waals surface area contributed by atoms with Crippen LogP contribution in [0.1, 0.15) is 27.5 Å². The predicted octanol–water partition coefficient (Wildman–Crippen LogP) is 5.27. The summed E-state index contributed by atoms with van der Waals surface area (Å²) in [6.07, 6.45) is 1.66. The van der Waals surface area contributed by atoms with E-state index in [1.807, 2.05) is 35.7 Å². The number of carbonyl (C=O) groups is 1. The van der Waals surface area contributed by atoms with Crippen LogP contribution in [0.25, 0.3) is 11.0 Å². The van der Waals surface area contributed by atoms with E-state index in [0.717, 1.165) is 45.6 Å². The first-order valence-electron chi connectivity index (χ1n) is 9.21. The molecule has 0 radical (unpaired) electrons. The number of rotatable bonds is 7. The van der Waals surface area contributed by atoms with Gasteiger partial charge >= 0.3 is 0 Å². The number of nitrogens with one attached hydrogen (secondary N) is 1. The number of amides is 1. The Hall–Kier alpha value is -2.44. The molecule has 142 valence electrons. The molecule has 6 heteroatoms. The van der Waals surface area contributed by atoms with Gasteiger partial charge in [0, 0.05) is 24.0 Å². The summed E-state index contributed by atoms with van der Waals surface area (Å²) in [4.78, 5) is 17.7. The van der Waals surface area contributed by atoms with Gasteiger partial charge < -0.3 is 9.88 Å². The smallest absolute Gasteiger partial charge is 0.261 e. The van der Waals surface area contributed by atoms with Crippen LogP contribution in [0, 0.1) is 0 Å². The van der Waals surface area contributed by atoms with Crippen molar-refractivity contribution in [1.82, 2.24) is 14.9 Å². The lowest BCUT2D eigenvalue weighted by atomic mass is 10.2. The number of carbonyl (C=O) groups excluding carboxylic acids is 1. The molecule has 0 atom stereocenters. The van der Waals surface area contributed by atoms with Crippen LogP contribution in [0.15, 0.2) is 70.5 Å². The predicted molar refractivity (Wildman–Crippen MR) is 118 cm³/mol. The number of para-hydroxylation sites is 2. The Morgan fingerprint density at radius 1 is 1.11 bits per heavy atom. The number of hydrogen-bond donors (Lipinski definition) is 1. The summed E-state index contributed by atoms with van der Waals surface area (Å²) in [6.45, 7) is 1.41. The lowest BCUT2D eigenvalue weighted by Crippen LogP contribution is -2.24. The van der Waals surface area contributed by atoms with E-state index in [4.69, 9.17) is 4.98 Å². The summed E-state index contributed by atoms with van der Waals surface area (Å²) >= 11 is 5.01. The summed E-state index contributed by atoms with van der Waals surface area (Å²) in [5.41, 5.74) is 3.37.